The molecular weight excluding hydrogens is 311 g/mol. The van der Waals surface area contributed by atoms with Crippen molar-refractivity contribution in [2.24, 2.45) is 0 Å². The van der Waals surface area contributed by atoms with E-state index in [0.29, 0.717) is 16.1 Å². The number of piperidine rings is 1. The number of hydrogen-bond acceptors (Lipinski definition) is 2. The van der Waals surface area contributed by atoms with Crippen molar-refractivity contribution in [3.05, 3.63) is 34.1 Å². The highest BCUT2D eigenvalue weighted by atomic mass is 79.9. The number of hydrogen-bond donors (Lipinski definition) is 1. The molecule has 1 saturated heterocycles. The Morgan fingerprint density at radius 3 is 2.89 bits per heavy atom. The predicted octanol–water partition coefficient (Wildman–Crippen LogP) is 2.80. The number of nitrogens with zero attached hydrogens (tertiary/aromatic N) is 1. The zero-order valence-electron chi connectivity index (χ0n) is 11.1. The third-order valence-corrected chi connectivity index (χ3v) is 4.37. The summed E-state index contributed by atoms with van der Waals surface area (Å²) in [6, 6.07) is 5.08. The largest absolute Gasteiger partial charge is 0.349 e. The number of amides is 1. The maximum Gasteiger partial charge on any atom is 0.251 e. The fourth-order valence-electron chi connectivity index (χ4n) is 2.33. The van der Waals surface area contributed by atoms with Crippen molar-refractivity contribution in [3.8, 4) is 0 Å². The number of halogens is 2. The number of likely N-dealkylation sites (tertiary alicyclic amines) is 1. The minimum Gasteiger partial charge on any atom is -0.349 e. The van der Waals surface area contributed by atoms with Crippen LogP contribution >= 0.6 is 15.9 Å². The summed E-state index contributed by atoms with van der Waals surface area (Å²) in [6.07, 6.45) is 1.87. The second-order valence-electron chi connectivity index (χ2n) is 5.15. The van der Waals surface area contributed by atoms with E-state index in [2.05, 4.69) is 40.1 Å². The van der Waals surface area contributed by atoms with E-state index in [1.54, 1.807) is 12.1 Å². The van der Waals surface area contributed by atoms with Crippen LogP contribution in [-0.4, -0.2) is 36.5 Å². The van der Waals surface area contributed by atoms with Crippen molar-refractivity contribution in [2.45, 2.75) is 31.8 Å². The first-order valence-corrected chi connectivity index (χ1v) is 7.23. The molecule has 0 aromatic heterocycles. The van der Waals surface area contributed by atoms with Crippen LogP contribution in [0.1, 0.15) is 30.1 Å². The fraction of sp³-hybridized carbons (Fsp3) is 0.500. The molecule has 2 rings (SSSR count). The average Bonchev–Trinajstić information content (AvgIpc) is 2.37. The first kappa shape index (κ1) is 14.5. The molecule has 19 heavy (non-hydrogen) atoms. The van der Waals surface area contributed by atoms with Crippen molar-refractivity contribution >= 4 is 21.8 Å². The van der Waals surface area contributed by atoms with Gasteiger partial charge in [-0.25, -0.2) is 4.39 Å². The molecule has 1 aliphatic rings. The molecule has 1 aliphatic heterocycles. The van der Waals surface area contributed by atoms with Gasteiger partial charge < -0.3 is 10.2 Å². The summed E-state index contributed by atoms with van der Waals surface area (Å²) in [5.41, 5.74) is 0.368. The summed E-state index contributed by atoms with van der Waals surface area (Å²) in [5.74, 6) is -0.613. The molecule has 0 aliphatic carbocycles. The lowest BCUT2D eigenvalue weighted by molar-refractivity contribution is 0.0896. The first-order valence-electron chi connectivity index (χ1n) is 6.43. The van der Waals surface area contributed by atoms with Crippen molar-refractivity contribution in [1.29, 1.82) is 0 Å². The van der Waals surface area contributed by atoms with E-state index in [-0.39, 0.29) is 11.9 Å². The zero-order chi connectivity index (χ0) is 14.0. The van der Waals surface area contributed by atoms with E-state index < -0.39 is 5.82 Å². The van der Waals surface area contributed by atoms with Gasteiger partial charge >= 0.3 is 0 Å². The second-order valence-corrected chi connectivity index (χ2v) is 6.01. The molecule has 1 fully saturated rings. The molecule has 1 N–H and O–H groups in total. The summed E-state index contributed by atoms with van der Waals surface area (Å²) in [6.45, 7) is 3.12. The number of carbonyl (C=O) groups excluding carboxylic acids is 1. The maximum atomic E-state index is 13.4. The van der Waals surface area contributed by atoms with Crippen LogP contribution < -0.4 is 5.32 Å². The van der Waals surface area contributed by atoms with Gasteiger partial charge in [0.2, 0.25) is 0 Å². The Balaban J connectivity index is 1.99. The average molecular weight is 329 g/mol. The third-order valence-electron chi connectivity index (χ3n) is 3.73. The van der Waals surface area contributed by atoms with E-state index in [1.807, 2.05) is 0 Å². The quantitative estimate of drug-likeness (QED) is 0.905. The van der Waals surface area contributed by atoms with Crippen LogP contribution in [0.15, 0.2) is 22.7 Å². The molecular formula is C14H18BrFN2O. The van der Waals surface area contributed by atoms with E-state index in [0.717, 1.165) is 19.4 Å². The Kier molecular flexibility index (Phi) is 4.58. The van der Waals surface area contributed by atoms with Crippen LogP contribution in [-0.2, 0) is 0 Å². The van der Waals surface area contributed by atoms with Gasteiger partial charge in [0.05, 0.1) is 4.47 Å². The van der Waals surface area contributed by atoms with E-state index in [4.69, 9.17) is 0 Å². The smallest absolute Gasteiger partial charge is 0.251 e. The van der Waals surface area contributed by atoms with Gasteiger partial charge in [-0.3, -0.25) is 4.79 Å². The lowest BCUT2D eigenvalue weighted by atomic mass is 9.98. The van der Waals surface area contributed by atoms with Gasteiger partial charge in [-0.2, -0.15) is 0 Å². The lowest BCUT2D eigenvalue weighted by Gasteiger charge is -2.35. The normalized spacial score (nSPS) is 24.2. The van der Waals surface area contributed by atoms with Crippen LogP contribution in [0.25, 0.3) is 0 Å². The molecule has 0 bridgehead atoms. The molecule has 1 heterocycles. The highest BCUT2D eigenvalue weighted by molar-refractivity contribution is 9.10. The minimum atomic E-state index is -0.413. The molecule has 1 amide bonds. The highest BCUT2D eigenvalue weighted by Crippen LogP contribution is 2.18. The molecule has 5 heteroatoms. The van der Waals surface area contributed by atoms with Crippen molar-refractivity contribution in [3.63, 3.8) is 0 Å². The van der Waals surface area contributed by atoms with Gasteiger partial charge in [0, 0.05) is 24.2 Å². The van der Waals surface area contributed by atoms with Crippen LogP contribution in [0.2, 0.25) is 0 Å². The summed E-state index contributed by atoms with van der Waals surface area (Å²) in [7, 11) is 2.09. The lowest BCUT2D eigenvalue weighted by Crippen LogP contribution is -2.47. The minimum absolute atomic E-state index is 0.172. The molecule has 2 atom stereocenters. The fourth-order valence-corrected chi connectivity index (χ4v) is 2.57. The maximum absolute atomic E-state index is 13.4. The van der Waals surface area contributed by atoms with Crippen molar-refractivity contribution < 1.29 is 9.18 Å². The summed E-state index contributed by atoms with van der Waals surface area (Å²) < 4.78 is 13.8. The highest BCUT2D eigenvalue weighted by Gasteiger charge is 2.24. The Labute approximate surface area is 121 Å². The topological polar surface area (TPSA) is 32.3 Å². The van der Waals surface area contributed by atoms with Gasteiger partial charge in [-0.1, -0.05) is 0 Å². The van der Waals surface area contributed by atoms with Crippen molar-refractivity contribution in [2.75, 3.05) is 13.6 Å². The molecule has 1 aromatic rings. The standard InChI is InChI=1S/C14H18BrFN2O/c1-9-7-11(5-6-18(9)2)17-14(19)10-3-4-12(15)13(16)8-10/h3-4,8-9,11H,5-7H2,1-2H3,(H,17,19). The zero-order valence-corrected chi connectivity index (χ0v) is 12.7. The molecule has 0 saturated carbocycles. The first-order chi connectivity index (χ1) is 8.97. The monoisotopic (exact) mass is 328 g/mol. The Hall–Kier alpha value is -0.940. The summed E-state index contributed by atoms with van der Waals surface area (Å²) in [5, 5.41) is 2.99. The van der Waals surface area contributed by atoms with Crippen molar-refractivity contribution in [1.82, 2.24) is 10.2 Å². The Morgan fingerprint density at radius 2 is 2.26 bits per heavy atom. The molecule has 2 unspecified atom stereocenters. The van der Waals surface area contributed by atoms with E-state index >= 15 is 0 Å². The van der Waals surface area contributed by atoms with Crippen LogP contribution in [0.5, 0.6) is 0 Å². The number of carbonyl (C=O) groups is 1. The van der Waals surface area contributed by atoms with Gasteiger partial charge in [0.25, 0.3) is 5.91 Å². The number of benzene rings is 1. The van der Waals surface area contributed by atoms with Gasteiger partial charge in [-0.15, -0.1) is 0 Å². The van der Waals surface area contributed by atoms with Crippen LogP contribution in [0.3, 0.4) is 0 Å². The Morgan fingerprint density at radius 1 is 1.53 bits per heavy atom. The third kappa shape index (κ3) is 3.54. The Bertz CT molecular complexity index is 481. The number of rotatable bonds is 2. The second kappa shape index (κ2) is 6.01. The summed E-state index contributed by atoms with van der Waals surface area (Å²) in [4.78, 5) is 14.3. The summed E-state index contributed by atoms with van der Waals surface area (Å²) >= 11 is 3.08. The predicted molar refractivity (Wildman–Crippen MR) is 76.7 cm³/mol. The molecule has 1 aromatic carbocycles. The van der Waals surface area contributed by atoms with Gasteiger partial charge in [-0.05, 0) is 60.9 Å². The molecule has 104 valence electrons. The van der Waals surface area contributed by atoms with E-state index in [1.165, 1.54) is 6.07 Å². The SMILES string of the molecule is CC1CC(NC(=O)c2ccc(Br)c(F)c2)CCN1C. The van der Waals surface area contributed by atoms with Gasteiger partial charge in [0.1, 0.15) is 5.82 Å². The van der Waals surface area contributed by atoms with E-state index in [9.17, 15) is 9.18 Å². The molecule has 0 radical (unpaired) electrons. The van der Waals surface area contributed by atoms with Crippen LogP contribution in [0, 0.1) is 5.82 Å². The van der Waals surface area contributed by atoms with Crippen LogP contribution in [0.4, 0.5) is 4.39 Å². The van der Waals surface area contributed by atoms with Gasteiger partial charge in [0.15, 0.2) is 0 Å². The number of nitrogens with one attached hydrogen (secondary N) is 1. The molecule has 0 spiro atoms. The molecule has 3 nitrogen and oxygen atoms in total.